The van der Waals surface area contributed by atoms with Crippen molar-refractivity contribution in [3.63, 3.8) is 0 Å². The van der Waals surface area contributed by atoms with E-state index in [1.807, 2.05) is 34.8 Å². The molecule has 2 N–H and O–H groups in total. The second-order valence-electron chi connectivity index (χ2n) is 8.71. The van der Waals surface area contributed by atoms with Gasteiger partial charge in [0.05, 0.1) is 23.5 Å². The van der Waals surface area contributed by atoms with Crippen LogP contribution >= 0.6 is 0 Å². The predicted octanol–water partition coefficient (Wildman–Crippen LogP) is 2.16. The summed E-state index contributed by atoms with van der Waals surface area (Å²) >= 11 is 0. The highest BCUT2D eigenvalue weighted by molar-refractivity contribution is 5.94. The van der Waals surface area contributed by atoms with Gasteiger partial charge in [0.1, 0.15) is 5.82 Å². The molecule has 0 aromatic carbocycles. The lowest BCUT2D eigenvalue weighted by Gasteiger charge is -2.34. The second-order valence-corrected chi connectivity index (χ2v) is 8.71. The highest BCUT2D eigenvalue weighted by Crippen LogP contribution is 2.32. The molecule has 5 rings (SSSR count). The lowest BCUT2D eigenvalue weighted by Crippen LogP contribution is -2.38. The van der Waals surface area contributed by atoms with Gasteiger partial charge in [-0.25, -0.2) is 9.50 Å². The summed E-state index contributed by atoms with van der Waals surface area (Å²) in [5.41, 5.74) is 9.53. The standard InChI is InChI=1S/C22H30N8O/c1-3-28-13-16(11-24-28)22(31)29-8-5-4-6-19(29)18-10-20-25-21(15(2)12-30(20)26-18)27-9-7-17(23)14-27/h10-13,17,19H,3-9,14,23H2,1-2H3. The Morgan fingerprint density at radius 2 is 2.10 bits per heavy atom. The molecule has 9 nitrogen and oxygen atoms in total. The quantitative estimate of drug-likeness (QED) is 0.692. The minimum absolute atomic E-state index is 0.0253. The molecule has 0 radical (unpaired) electrons. The van der Waals surface area contributed by atoms with Gasteiger partial charge in [-0.05, 0) is 39.5 Å². The Hall–Kier alpha value is -2.94. The van der Waals surface area contributed by atoms with Crippen LogP contribution in [0.3, 0.4) is 0 Å². The summed E-state index contributed by atoms with van der Waals surface area (Å²) in [6.07, 6.45) is 9.52. The van der Waals surface area contributed by atoms with Gasteiger partial charge < -0.3 is 15.5 Å². The Morgan fingerprint density at radius 1 is 1.23 bits per heavy atom. The first kappa shape index (κ1) is 20.0. The van der Waals surface area contributed by atoms with Crippen LogP contribution in [0.5, 0.6) is 0 Å². The van der Waals surface area contributed by atoms with E-state index in [0.29, 0.717) is 5.56 Å². The van der Waals surface area contributed by atoms with Crippen LogP contribution in [0.1, 0.15) is 60.3 Å². The number of amides is 1. The number of likely N-dealkylation sites (tertiary alicyclic amines) is 1. The Kier molecular flexibility index (Phi) is 5.13. The van der Waals surface area contributed by atoms with Gasteiger partial charge in [-0.2, -0.15) is 10.2 Å². The molecule has 0 bridgehead atoms. The van der Waals surface area contributed by atoms with Crippen LogP contribution in [-0.2, 0) is 6.54 Å². The van der Waals surface area contributed by atoms with Crippen LogP contribution in [-0.4, -0.2) is 60.9 Å². The maximum Gasteiger partial charge on any atom is 0.257 e. The Morgan fingerprint density at radius 3 is 2.84 bits per heavy atom. The first-order valence-electron chi connectivity index (χ1n) is 11.2. The fraction of sp³-hybridized carbons (Fsp3) is 0.545. The number of hydrogen-bond donors (Lipinski definition) is 1. The summed E-state index contributed by atoms with van der Waals surface area (Å²) in [4.78, 5) is 22.4. The van der Waals surface area contributed by atoms with Gasteiger partial charge in [0.2, 0.25) is 0 Å². The summed E-state index contributed by atoms with van der Waals surface area (Å²) < 4.78 is 3.63. The third-order valence-electron chi connectivity index (χ3n) is 6.46. The summed E-state index contributed by atoms with van der Waals surface area (Å²) in [5, 5.41) is 9.10. The third kappa shape index (κ3) is 3.67. The molecular weight excluding hydrogens is 392 g/mol. The largest absolute Gasteiger partial charge is 0.355 e. The van der Waals surface area contributed by atoms with Crippen molar-refractivity contribution in [1.29, 1.82) is 0 Å². The minimum Gasteiger partial charge on any atom is -0.355 e. The van der Waals surface area contributed by atoms with Crippen LogP contribution in [0.15, 0.2) is 24.7 Å². The molecule has 5 heterocycles. The SMILES string of the molecule is CCn1cc(C(=O)N2CCCCC2c2cc3nc(N4CCC(N)C4)c(C)cn3n2)cn1. The fourth-order valence-electron chi connectivity index (χ4n) is 4.78. The molecule has 31 heavy (non-hydrogen) atoms. The lowest BCUT2D eigenvalue weighted by molar-refractivity contribution is 0.0605. The van der Waals surface area contributed by atoms with Gasteiger partial charge in [0, 0.05) is 56.2 Å². The number of rotatable bonds is 4. The van der Waals surface area contributed by atoms with Crippen molar-refractivity contribution in [2.24, 2.45) is 5.73 Å². The fourth-order valence-corrected chi connectivity index (χ4v) is 4.78. The summed E-state index contributed by atoms with van der Waals surface area (Å²) in [6, 6.07) is 2.19. The first-order chi connectivity index (χ1) is 15.0. The molecule has 2 fully saturated rings. The Bertz CT molecular complexity index is 1100. The van der Waals surface area contributed by atoms with Gasteiger partial charge in [0.25, 0.3) is 5.91 Å². The molecule has 1 amide bonds. The molecule has 0 aliphatic carbocycles. The van der Waals surface area contributed by atoms with Crippen molar-refractivity contribution < 1.29 is 4.79 Å². The van der Waals surface area contributed by atoms with Gasteiger partial charge in [0.15, 0.2) is 5.65 Å². The number of carbonyl (C=O) groups excluding carboxylic acids is 1. The van der Waals surface area contributed by atoms with E-state index in [2.05, 4.69) is 16.9 Å². The van der Waals surface area contributed by atoms with Crippen molar-refractivity contribution in [3.8, 4) is 0 Å². The van der Waals surface area contributed by atoms with Crippen molar-refractivity contribution >= 4 is 17.4 Å². The number of piperidine rings is 1. The molecule has 0 spiro atoms. The van der Waals surface area contributed by atoms with E-state index in [0.717, 1.165) is 74.6 Å². The molecule has 164 valence electrons. The Balaban J connectivity index is 1.45. The maximum absolute atomic E-state index is 13.2. The van der Waals surface area contributed by atoms with Crippen LogP contribution < -0.4 is 10.6 Å². The number of anilines is 1. The topological polar surface area (TPSA) is 97.6 Å². The maximum atomic E-state index is 13.2. The lowest BCUT2D eigenvalue weighted by atomic mass is 9.98. The zero-order valence-electron chi connectivity index (χ0n) is 18.2. The molecular formula is C22H30N8O. The van der Waals surface area contributed by atoms with Crippen LogP contribution in [0.2, 0.25) is 0 Å². The zero-order chi connectivity index (χ0) is 21.5. The number of nitrogens with zero attached hydrogens (tertiary/aromatic N) is 7. The number of aryl methyl sites for hydroxylation is 2. The van der Waals surface area contributed by atoms with E-state index in [9.17, 15) is 4.79 Å². The minimum atomic E-state index is -0.0445. The summed E-state index contributed by atoms with van der Waals surface area (Å²) in [5.74, 6) is 1.01. The molecule has 0 saturated carbocycles. The normalized spacial score (nSPS) is 21.9. The van der Waals surface area contributed by atoms with Crippen LogP contribution in [0, 0.1) is 6.92 Å². The average molecular weight is 423 g/mol. The first-order valence-corrected chi connectivity index (χ1v) is 11.2. The van der Waals surface area contributed by atoms with Crippen molar-refractivity contribution in [3.05, 3.63) is 41.5 Å². The number of fused-ring (bicyclic) bond motifs is 1. The molecule has 3 aromatic rings. The van der Waals surface area contributed by atoms with E-state index in [1.54, 1.807) is 10.9 Å². The number of aromatic nitrogens is 5. The van der Waals surface area contributed by atoms with E-state index < -0.39 is 0 Å². The molecule has 9 heteroatoms. The smallest absolute Gasteiger partial charge is 0.257 e. The van der Waals surface area contributed by atoms with E-state index in [4.69, 9.17) is 15.8 Å². The summed E-state index contributed by atoms with van der Waals surface area (Å²) in [6.45, 7) is 7.33. The molecule has 3 aromatic heterocycles. The summed E-state index contributed by atoms with van der Waals surface area (Å²) in [7, 11) is 0. The van der Waals surface area contributed by atoms with Gasteiger partial charge in [-0.3, -0.25) is 9.48 Å². The van der Waals surface area contributed by atoms with Gasteiger partial charge in [-0.1, -0.05) is 0 Å². The van der Waals surface area contributed by atoms with E-state index in [1.165, 1.54) is 0 Å². The average Bonchev–Trinajstić information content (AvgIpc) is 3.51. The van der Waals surface area contributed by atoms with Gasteiger partial charge in [-0.15, -0.1) is 0 Å². The highest BCUT2D eigenvalue weighted by Gasteiger charge is 2.31. The van der Waals surface area contributed by atoms with Crippen LogP contribution in [0.25, 0.3) is 5.65 Å². The Labute approximate surface area is 181 Å². The third-order valence-corrected chi connectivity index (χ3v) is 6.46. The molecule has 2 aliphatic rings. The highest BCUT2D eigenvalue weighted by atomic mass is 16.2. The molecule has 2 atom stereocenters. The predicted molar refractivity (Wildman–Crippen MR) is 118 cm³/mol. The second kappa shape index (κ2) is 7.96. The van der Waals surface area contributed by atoms with Crippen molar-refractivity contribution in [2.75, 3.05) is 24.5 Å². The van der Waals surface area contributed by atoms with E-state index in [-0.39, 0.29) is 18.0 Å². The van der Waals surface area contributed by atoms with Crippen molar-refractivity contribution in [1.82, 2.24) is 29.3 Å². The van der Waals surface area contributed by atoms with Gasteiger partial charge >= 0.3 is 0 Å². The zero-order valence-corrected chi connectivity index (χ0v) is 18.2. The van der Waals surface area contributed by atoms with Crippen molar-refractivity contribution in [2.45, 2.75) is 58.2 Å². The van der Waals surface area contributed by atoms with E-state index >= 15 is 0 Å². The monoisotopic (exact) mass is 422 g/mol. The molecule has 2 saturated heterocycles. The number of nitrogens with two attached hydrogens (primary N) is 1. The number of hydrogen-bond acceptors (Lipinski definition) is 6. The molecule has 2 unspecified atom stereocenters. The van der Waals surface area contributed by atoms with Crippen LogP contribution in [0.4, 0.5) is 5.82 Å². The molecule has 2 aliphatic heterocycles. The number of carbonyl (C=O) groups is 1.